The van der Waals surface area contributed by atoms with Gasteiger partial charge < -0.3 is 20.1 Å². The number of rotatable bonds is 3. The van der Waals surface area contributed by atoms with Crippen LogP contribution in [0, 0.1) is 5.92 Å². The van der Waals surface area contributed by atoms with Gasteiger partial charge in [0.25, 0.3) is 0 Å². The lowest BCUT2D eigenvalue weighted by atomic mass is 10.0. The van der Waals surface area contributed by atoms with Gasteiger partial charge in [-0.15, -0.1) is 6.58 Å². The number of ether oxygens (including phenoxy) is 1. The Bertz CT molecular complexity index is 610. The second kappa shape index (κ2) is 4.64. The number of aliphatic hydroxyl groups excluding tert-OH is 1. The summed E-state index contributed by atoms with van der Waals surface area (Å²) in [6.07, 6.45) is 5.57. The summed E-state index contributed by atoms with van der Waals surface area (Å²) in [6.45, 7) is 3.85. The van der Waals surface area contributed by atoms with Crippen molar-refractivity contribution in [2.24, 2.45) is 5.92 Å². The first-order valence-electron chi connectivity index (χ1n) is 6.20. The van der Waals surface area contributed by atoms with Crippen molar-refractivity contribution in [3.8, 4) is 0 Å². The van der Waals surface area contributed by atoms with Crippen LogP contribution in [0.2, 0.25) is 0 Å². The number of aromatic nitrogens is 3. The Morgan fingerprint density at radius 1 is 1.58 bits per heavy atom. The fourth-order valence-corrected chi connectivity index (χ4v) is 2.57. The molecular weight excluding hydrogens is 244 g/mol. The molecule has 0 bridgehead atoms. The Morgan fingerprint density at radius 2 is 2.42 bits per heavy atom. The molecule has 0 amide bonds. The van der Waals surface area contributed by atoms with Crippen molar-refractivity contribution in [3.63, 3.8) is 0 Å². The van der Waals surface area contributed by atoms with E-state index in [0.717, 1.165) is 17.5 Å². The lowest BCUT2D eigenvalue weighted by Gasteiger charge is -2.18. The minimum Gasteiger partial charge on any atom is -0.394 e. The van der Waals surface area contributed by atoms with Crippen LogP contribution in [-0.4, -0.2) is 32.4 Å². The quantitative estimate of drug-likeness (QED) is 0.807. The standard InChI is InChI=1S/C13H16N4O2/c1-2-8-5-9(6-18)19-13(8)17-4-3-10-11(14)15-7-16-12(10)17/h2-4,7-9,13,18H,1,5-6H2,(H2,14,15,16). The Hall–Kier alpha value is -1.92. The van der Waals surface area contributed by atoms with Crippen LogP contribution in [0.1, 0.15) is 12.6 Å². The average Bonchev–Trinajstić information content (AvgIpc) is 3.02. The van der Waals surface area contributed by atoms with E-state index in [9.17, 15) is 5.11 Å². The summed E-state index contributed by atoms with van der Waals surface area (Å²) in [5.41, 5.74) is 6.56. The third-order valence-corrected chi connectivity index (χ3v) is 3.55. The van der Waals surface area contributed by atoms with Gasteiger partial charge in [-0.05, 0) is 12.5 Å². The van der Waals surface area contributed by atoms with E-state index in [-0.39, 0.29) is 24.9 Å². The van der Waals surface area contributed by atoms with Crippen LogP contribution in [0.15, 0.2) is 31.2 Å². The maximum atomic E-state index is 9.24. The van der Waals surface area contributed by atoms with Gasteiger partial charge >= 0.3 is 0 Å². The molecule has 1 aliphatic heterocycles. The van der Waals surface area contributed by atoms with Gasteiger partial charge in [-0.2, -0.15) is 0 Å². The zero-order chi connectivity index (χ0) is 13.4. The van der Waals surface area contributed by atoms with Crippen molar-refractivity contribution in [2.45, 2.75) is 18.8 Å². The Morgan fingerprint density at radius 3 is 3.16 bits per heavy atom. The number of anilines is 1. The van der Waals surface area contributed by atoms with E-state index in [1.165, 1.54) is 6.33 Å². The summed E-state index contributed by atoms with van der Waals surface area (Å²) in [5.74, 6) is 0.597. The fraction of sp³-hybridized carbons (Fsp3) is 0.385. The second-order valence-corrected chi connectivity index (χ2v) is 4.69. The number of hydrogen-bond acceptors (Lipinski definition) is 5. The minimum atomic E-state index is -0.207. The molecule has 19 heavy (non-hydrogen) atoms. The molecular formula is C13H16N4O2. The fourth-order valence-electron chi connectivity index (χ4n) is 2.57. The number of nitrogens with zero attached hydrogens (tertiary/aromatic N) is 3. The summed E-state index contributed by atoms with van der Waals surface area (Å²) < 4.78 is 7.77. The van der Waals surface area contributed by atoms with Crippen LogP contribution >= 0.6 is 0 Å². The van der Waals surface area contributed by atoms with Crippen LogP contribution < -0.4 is 5.73 Å². The predicted molar refractivity (Wildman–Crippen MR) is 71.2 cm³/mol. The van der Waals surface area contributed by atoms with Crippen LogP contribution in [0.3, 0.4) is 0 Å². The van der Waals surface area contributed by atoms with Crippen molar-refractivity contribution < 1.29 is 9.84 Å². The molecule has 0 radical (unpaired) electrons. The van der Waals surface area contributed by atoms with Crippen molar-refractivity contribution in [1.82, 2.24) is 14.5 Å². The van der Waals surface area contributed by atoms with Gasteiger partial charge in [0.05, 0.1) is 18.1 Å². The smallest absolute Gasteiger partial charge is 0.147 e. The van der Waals surface area contributed by atoms with Gasteiger partial charge in [-0.3, -0.25) is 0 Å². The first kappa shape index (κ1) is 12.1. The first-order valence-corrected chi connectivity index (χ1v) is 6.20. The highest BCUT2D eigenvalue weighted by molar-refractivity contribution is 5.86. The Labute approximate surface area is 110 Å². The van der Waals surface area contributed by atoms with E-state index in [1.807, 2.05) is 22.9 Å². The number of fused-ring (bicyclic) bond motifs is 1. The van der Waals surface area contributed by atoms with Crippen LogP contribution in [0.25, 0.3) is 11.0 Å². The lowest BCUT2D eigenvalue weighted by molar-refractivity contribution is -0.0267. The number of aliphatic hydroxyl groups is 1. The molecule has 2 aromatic heterocycles. The second-order valence-electron chi connectivity index (χ2n) is 4.69. The minimum absolute atomic E-state index is 0.0111. The summed E-state index contributed by atoms with van der Waals surface area (Å²) >= 11 is 0. The zero-order valence-electron chi connectivity index (χ0n) is 10.4. The summed E-state index contributed by atoms with van der Waals surface area (Å²) in [7, 11) is 0. The van der Waals surface area contributed by atoms with E-state index in [2.05, 4.69) is 16.5 Å². The molecule has 3 heterocycles. The number of hydrogen-bond donors (Lipinski definition) is 2. The maximum absolute atomic E-state index is 9.24. The van der Waals surface area contributed by atoms with Crippen molar-refractivity contribution >= 4 is 16.9 Å². The highest BCUT2D eigenvalue weighted by Gasteiger charge is 2.34. The molecule has 3 N–H and O–H groups in total. The maximum Gasteiger partial charge on any atom is 0.147 e. The lowest BCUT2D eigenvalue weighted by Crippen LogP contribution is -2.15. The third kappa shape index (κ3) is 1.89. The summed E-state index contributed by atoms with van der Waals surface area (Å²) in [6, 6.07) is 1.88. The van der Waals surface area contributed by atoms with E-state index < -0.39 is 0 Å². The molecule has 6 heteroatoms. The van der Waals surface area contributed by atoms with Crippen molar-refractivity contribution in [2.75, 3.05) is 12.3 Å². The van der Waals surface area contributed by atoms with Gasteiger partial charge in [0.15, 0.2) is 0 Å². The zero-order valence-corrected chi connectivity index (χ0v) is 10.4. The normalized spacial score (nSPS) is 26.9. The van der Waals surface area contributed by atoms with Gasteiger partial charge in [0.1, 0.15) is 24.0 Å². The van der Waals surface area contributed by atoms with E-state index in [1.54, 1.807) is 0 Å². The van der Waals surface area contributed by atoms with E-state index >= 15 is 0 Å². The van der Waals surface area contributed by atoms with Crippen LogP contribution in [0.4, 0.5) is 5.82 Å². The molecule has 0 aliphatic carbocycles. The third-order valence-electron chi connectivity index (χ3n) is 3.55. The molecule has 3 rings (SSSR count). The molecule has 3 atom stereocenters. The first-order chi connectivity index (χ1) is 9.24. The molecule has 1 saturated heterocycles. The summed E-state index contributed by atoms with van der Waals surface area (Å²) in [5, 5.41) is 10.0. The van der Waals surface area contributed by atoms with Crippen LogP contribution in [0.5, 0.6) is 0 Å². The van der Waals surface area contributed by atoms with Gasteiger partial charge in [0.2, 0.25) is 0 Å². The van der Waals surface area contributed by atoms with Gasteiger partial charge in [0, 0.05) is 12.1 Å². The SMILES string of the molecule is C=CC1CC(CO)OC1n1ccc2c(N)ncnc21. The number of nitrogens with two attached hydrogens (primary N) is 1. The highest BCUT2D eigenvalue weighted by atomic mass is 16.5. The topological polar surface area (TPSA) is 86.2 Å². The summed E-state index contributed by atoms with van der Waals surface area (Å²) in [4.78, 5) is 8.23. The van der Waals surface area contributed by atoms with Crippen molar-refractivity contribution in [1.29, 1.82) is 0 Å². The van der Waals surface area contributed by atoms with Gasteiger partial charge in [-0.25, -0.2) is 9.97 Å². The molecule has 6 nitrogen and oxygen atoms in total. The molecule has 0 aromatic carbocycles. The predicted octanol–water partition coefficient (Wildman–Crippen LogP) is 1.10. The largest absolute Gasteiger partial charge is 0.394 e. The van der Waals surface area contributed by atoms with Gasteiger partial charge in [-0.1, -0.05) is 6.08 Å². The number of nitrogen functional groups attached to an aromatic ring is 1. The molecule has 1 aliphatic rings. The van der Waals surface area contributed by atoms with Crippen molar-refractivity contribution in [3.05, 3.63) is 31.2 Å². The molecule has 2 aromatic rings. The molecule has 0 saturated carbocycles. The molecule has 0 spiro atoms. The van der Waals surface area contributed by atoms with E-state index in [4.69, 9.17) is 10.5 Å². The van der Waals surface area contributed by atoms with Crippen LogP contribution in [-0.2, 0) is 4.74 Å². The highest BCUT2D eigenvalue weighted by Crippen LogP contribution is 2.37. The average molecular weight is 260 g/mol. The molecule has 3 unspecified atom stereocenters. The monoisotopic (exact) mass is 260 g/mol. The molecule has 1 fully saturated rings. The molecule has 100 valence electrons. The Kier molecular flexibility index (Phi) is 2.96. The van der Waals surface area contributed by atoms with E-state index in [0.29, 0.717) is 5.82 Å². The Balaban J connectivity index is 2.04.